The summed E-state index contributed by atoms with van der Waals surface area (Å²) in [5, 5.41) is 25.1. The van der Waals surface area contributed by atoms with Gasteiger partial charge in [-0.05, 0) is 59.7 Å². The second-order valence-corrected chi connectivity index (χ2v) is 5.40. The smallest absolute Gasteiger partial charge is 0.275 e. The van der Waals surface area contributed by atoms with E-state index >= 15 is 0 Å². The lowest BCUT2D eigenvalue weighted by Gasteiger charge is -2.07. The third kappa shape index (κ3) is 3.20. The van der Waals surface area contributed by atoms with Crippen molar-refractivity contribution in [2.45, 2.75) is 6.92 Å². The summed E-state index contributed by atoms with van der Waals surface area (Å²) in [6.07, 6.45) is 0. The van der Waals surface area contributed by atoms with E-state index in [0.29, 0.717) is 5.71 Å². The van der Waals surface area contributed by atoms with Gasteiger partial charge in [-0.1, -0.05) is 24.3 Å². The molecule has 1 amide bonds. The molecule has 5 heteroatoms. The van der Waals surface area contributed by atoms with E-state index in [2.05, 4.69) is 10.5 Å². The van der Waals surface area contributed by atoms with E-state index in [-0.39, 0.29) is 17.1 Å². The maximum Gasteiger partial charge on any atom is 0.275 e. The van der Waals surface area contributed by atoms with Crippen LogP contribution in [0.3, 0.4) is 0 Å². The highest BCUT2D eigenvalue weighted by molar-refractivity contribution is 6.03. The summed E-state index contributed by atoms with van der Waals surface area (Å²) in [6, 6.07) is 17.2. The summed E-state index contributed by atoms with van der Waals surface area (Å²) in [4.78, 5) is 12.3. The molecule has 0 aliphatic rings. The number of rotatable bonds is 3. The zero-order chi connectivity index (χ0) is 17.1. The molecule has 0 bridgehead atoms. The van der Waals surface area contributed by atoms with Crippen LogP contribution < -0.4 is 5.43 Å². The number of nitrogens with one attached hydrogen (secondary N) is 1. The fourth-order valence-electron chi connectivity index (χ4n) is 2.37. The van der Waals surface area contributed by atoms with Gasteiger partial charge in [0, 0.05) is 0 Å². The van der Waals surface area contributed by atoms with E-state index in [4.69, 9.17) is 0 Å². The lowest BCUT2D eigenvalue weighted by Crippen LogP contribution is -2.19. The largest absolute Gasteiger partial charge is 0.508 e. The van der Waals surface area contributed by atoms with E-state index in [1.807, 2.05) is 24.3 Å². The molecule has 0 atom stereocenters. The van der Waals surface area contributed by atoms with Crippen molar-refractivity contribution in [3.8, 4) is 11.5 Å². The Balaban J connectivity index is 1.83. The highest BCUT2D eigenvalue weighted by atomic mass is 16.3. The normalized spacial score (nSPS) is 11.5. The number of hydrogen-bond donors (Lipinski definition) is 3. The Hall–Kier alpha value is -3.34. The maximum absolute atomic E-state index is 12.3. The number of benzene rings is 3. The molecule has 24 heavy (non-hydrogen) atoms. The van der Waals surface area contributed by atoms with Gasteiger partial charge in [0.25, 0.3) is 5.91 Å². The summed E-state index contributed by atoms with van der Waals surface area (Å²) in [5.74, 6) is -0.420. The van der Waals surface area contributed by atoms with Crippen molar-refractivity contribution in [3.63, 3.8) is 0 Å². The minimum atomic E-state index is -0.489. The molecule has 0 heterocycles. The molecule has 0 saturated heterocycles. The number of phenolic OH excluding ortho intramolecular Hbond substituents is 2. The van der Waals surface area contributed by atoms with Crippen LogP contribution in [0.5, 0.6) is 11.5 Å². The number of carbonyl (C=O) groups is 1. The van der Waals surface area contributed by atoms with Gasteiger partial charge in [-0.3, -0.25) is 4.79 Å². The first-order valence-electron chi connectivity index (χ1n) is 7.40. The molecule has 0 aromatic heterocycles. The minimum Gasteiger partial charge on any atom is -0.508 e. The lowest BCUT2D eigenvalue weighted by molar-refractivity contribution is 0.0952. The number of amides is 1. The molecule has 0 aliphatic carbocycles. The van der Waals surface area contributed by atoms with Crippen LogP contribution in [0.15, 0.2) is 65.8 Å². The number of nitrogens with zero attached hydrogens (tertiary/aromatic N) is 1. The van der Waals surface area contributed by atoms with Crippen LogP contribution in [0.2, 0.25) is 0 Å². The Morgan fingerprint density at radius 1 is 0.958 bits per heavy atom. The van der Waals surface area contributed by atoms with Crippen LogP contribution in [0.1, 0.15) is 22.8 Å². The third-order valence-corrected chi connectivity index (χ3v) is 3.72. The molecule has 3 aromatic carbocycles. The molecule has 3 N–H and O–H groups in total. The van der Waals surface area contributed by atoms with Crippen molar-refractivity contribution in [2.24, 2.45) is 5.10 Å². The molecular formula is C19H16N2O3. The molecule has 0 aliphatic heterocycles. The number of aromatic hydroxyl groups is 2. The zero-order valence-corrected chi connectivity index (χ0v) is 13.0. The van der Waals surface area contributed by atoms with Gasteiger partial charge in [0.2, 0.25) is 0 Å². The van der Waals surface area contributed by atoms with Gasteiger partial charge in [-0.2, -0.15) is 5.10 Å². The second-order valence-electron chi connectivity index (χ2n) is 5.40. The number of phenols is 2. The molecule has 0 radical (unpaired) electrons. The molecular weight excluding hydrogens is 304 g/mol. The molecule has 0 unspecified atom stereocenters. The van der Waals surface area contributed by atoms with Crippen LogP contribution in [-0.2, 0) is 0 Å². The molecule has 3 rings (SSSR count). The van der Waals surface area contributed by atoms with Crippen LogP contribution in [0, 0.1) is 0 Å². The van der Waals surface area contributed by atoms with Crippen molar-refractivity contribution in [3.05, 3.63) is 71.8 Å². The second kappa shape index (κ2) is 6.42. The van der Waals surface area contributed by atoms with Gasteiger partial charge in [-0.25, -0.2) is 5.43 Å². The molecule has 3 aromatic rings. The Morgan fingerprint density at radius 3 is 2.25 bits per heavy atom. The Kier molecular flexibility index (Phi) is 4.16. The Labute approximate surface area is 138 Å². The standard InChI is InChI=1S/C19H16N2O3/c1-12(13-6-8-16(22)9-7-13)20-21-19(24)17-10-14-4-2-3-5-15(14)11-18(17)23/h2-11,22-23H,1H3,(H,21,24). The van der Waals surface area contributed by atoms with Crippen LogP contribution >= 0.6 is 0 Å². The van der Waals surface area contributed by atoms with Crippen molar-refractivity contribution in [2.75, 3.05) is 0 Å². The van der Waals surface area contributed by atoms with E-state index in [9.17, 15) is 15.0 Å². The average Bonchev–Trinajstić information content (AvgIpc) is 2.59. The number of fused-ring (bicyclic) bond motifs is 1. The van der Waals surface area contributed by atoms with E-state index in [0.717, 1.165) is 16.3 Å². The summed E-state index contributed by atoms with van der Waals surface area (Å²) in [5.41, 5.74) is 3.97. The van der Waals surface area contributed by atoms with E-state index in [1.165, 1.54) is 0 Å². The van der Waals surface area contributed by atoms with Crippen LogP contribution in [0.25, 0.3) is 10.8 Å². The van der Waals surface area contributed by atoms with Gasteiger partial charge in [0.15, 0.2) is 0 Å². The molecule has 120 valence electrons. The minimum absolute atomic E-state index is 0.0938. The van der Waals surface area contributed by atoms with Gasteiger partial charge in [0.1, 0.15) is 11.5 Å². The van der Waals surface area contributed by atoms with Gasteiger partial charge in [-0.15, -0.1) is 0 Å². The quantitative estimate of drug-likeness (QED) is 0.511. The third-order valence-electron chi connectivity index (χ3n) is 3.72. The Morgan fingerprint density at radius 2 is 1.58 bits per heavy atom. The summed E-state index contributed by atoms with van der Waals surface area (Å²) >= 11 is 0. The first-order valence-corrected chi connectivity index (χ1v) is 7.40. The van der Waals surface area contributed by atoms with Gasteiger partial charge >= 0.3 is 0 Å². The first kappa shape index (κ1) is 15.6. The van der Waals surface area contributed by atoms with Crippen molar-refractivity contribution >= 4 is 22.4 Å². The fraction of sp³-hybridized carbons (Fsp3) is 0.0526. The lowest BCUT2D eigenvalue weighted by atomic mass is 10.1. The topological polar surface area (TPSA) is 81.9 Å². The van der Waals surface area contributed by atoms with Gasteiger partial charge in [0.05, 0.1) is 11.3 Å². The fourth-order valence-corrected chi connectivity index (χ4v) is 2.37. The van der Waals surface area contributed by atoms with Crippen LogP contribution in [0.4, 0.5) is 0 Å². The number of hydrogen-bond acceptors (Lipinski definition) is 4. The van der Waals surface area contributed by atoms with Crippen molar-refractivity contribution in [1.29, 1.82) is 0 Å². The monoisotopic (exact) mass is 320 g/mol. The molecule has 0 saturated carbocycles. The predicted molar refractivity (Wildman–Crippen MR) is 93.4 cm³/mol. The first-order chi connectivity index (χ1) is 11.5. The van der Waals surface area contributed by atoms with E-state index in [1.54, 1.807) is 43.3 Å². The summed E-state index contributed by atoms with van der Waals surface area (Å²) < 4.78 is 0. The maximum atomic E-state index is 12.3. The number of hydrazone groups is 1. The summed E-state index contributed by atoms with van der Waals surface area (Å²) in [6.45, 7) is 1.74. The predicted octanol–water partition coefficient (Wildman–Crippen LogP) is 3.41. The van der Waals surface area contributed by atoms with Crippen molar-refractivity contribution < 1.29 is 15.0 Å². The highest BCUT2D eigenvalue weighted by Crippen LogP contribution is 2.24. The molecule has 0 fully saturated rings. The Bertz CT molecular complexity index is 931. The number of carbonyl (C=O) groups excluding carboxylic acids is 1. The zero-order valence-electron chi connectivity index (χ0n) is 13.0. The highest BCUT2D eigenvalue weighted by Gasteiger charge is 2.12. The average molecular weight is 320 g/mol. The molecule has 5 nitrogen and oxygen atoms in total. The van der Waals surface area contributed by atoms with Gasteiger partial charge < -0.3 is 10.2 Å². The SMILES string of the molecule is CC(=NNC(=O)c1cc2ccccc2cc1O)c1ccc(O)cc1. The van der Waals surface area contributed by atoms with E-state index < -0.39 is 5.91 Å². The summed E-state index contributed by atoms with van der Waals surface area (Å²) in [7, 11) is 0. The van der Waals surface area contributed by atoms with Crippen LogP contribution in [-0.4, -0.2) is 21.8 Å². The molecule has 0 spiro atoms. The van der Waals surface area contributed by atoms with Crippen molar-refractivity contribution in [1.82, 2.24) is 5.43 Å².